The van der Waals surface area contributed by atoms with Gasteiger partial charge >= 0.3 is 0 Å². The minimum atomic E-state index is 0.420. The topological polar surface area (TPSA) is 21.3 Å². The van der Waals surface area contributed by atoms with Crippen LogP contribution in [-0.2, 0) is 4.74 Å². The molecule has 1 aliphatic rings. The zero-order chi connectivity index (χ0) is 7.40. The molecule has 1 radical (unpaired) electrons. The fraction of sp³-hybridized carbons (Fsp3) is 0.875. The van der Waals surface area contributed by atoms with Crippen LogP contribution in [-0.4, -0.2) is 19.2 Å². The molecule has 1 atom stereocenters. The van der Waals surface area contributed by atoms with Crippen molar-refractivity contribution in [3.05, 3.63) is 6.10 Å². The standard InChI is InChI=1S/C8H16NO/c1-3-7-5-9-6-8(4-2)10-7/h7,9H,3-6H2,1-2H3. The Morgan fingerprint density at radius 2 is 2.40 bits per heavy atom. The summed E-state index contributed by atoms with van der Waals surface area (Å²) in [6, 6.07) is 0. The molecular formula is C8H16NO. The molecule has 1 unspecified atom stereocenters. The van der Waals surface area contributed by atoms with Crippen molar-refractivity contribution in [1.29, 1.82) is 0 Å². The average Bonchev–Trinajstić information content (AvgIpc) is 2.05. The summed E-state index contributed by atoms with van der Waals surface area (Å²) in [5, 5.41) is 3.32. The van der Waals surface area contributed by atoms with E-state index in [4.69, 9.17) is 4.74 Å². The molecule has 59 valence electrons. The van der Waals surface area contributed by atoms with E-state index in [9.17, 15) is 0 Å². The van der Waals surface area contributed by atoms with Gasteiger partial charge in [0.05, 0.1) is 6.10 Å². The maximum atomic E-state index is 5.64. The maximum absolute atomic E-state index is 5.64. The number of rotatable bonds is 2. The van der Waals surface area contributed by atoms with Crippen molar-refractivity contribution in [2.24, 2.45) is 0 Å². The van der Waals surface area contributed by atoms with Crippen molar-refractivity contribution in [3.8, 4) is 0 Å². The zero-order valence-electron chi connectivity index (χ0n) is 6.81. The van der Waals surface area contributed by atoms with Gasteiger partial charge in [-0.3, -0.25) is 0 Å². The molecule has 0 aromatic heterocycles. The summed E-state index contributed by atoms with van der Waals surface area (Å²) >= 11 is 0. The fourth-order valence-electron chi connectivity index (χ4n) is 1.13. The van der Waals surface area contributed by atoms with Gasteiger partial charge in [-0.2, -0.15) is 0 Å². The largest absolute Gasteiger partial charge is 0.366 e. The second-order valence-electron chi connectivity index (χ2n) is 2.67. The molecule has 1 heterocycles. The molecule has 1 aliphatic heterocycles. The smallest absolute Gasteiger partial charge is 0.111 e. The number of nitrogens with one attached hydrogen (secondary N) is 1. The average molecular weight is 142 g/mol. The highest BCUT2D eigenvalue weighted by Gasteiger charge is 2.19. The van der Waals surface area contributed by atoms with E-state index in [2.05, 4.69) is 19.2 Å². The maximum Gasteiger partial charge on any atom is 0.111 e. The second kappa shape index (κ2) is 3.94. The molecule has 1 fully saturated rings. The summed E-state index contributed by atoms with van der Waals surface area (Å²) in [5.41, 5.74) is 0. The Morgan fingerprint density at radius 1 is 1.60 bits per heavy atom. The van der Waals surface area contributed by atoms with Crippen LogP contribution in [0.3, 0.4) is 0 Å². The van der Waals surface area contributed by atoms with Crippen LogP contribution in [0.15, 0.2) is 0 Å². The van der Waals surface area contributed by atoms with E-state index >= 15 is 0 Å². The van der Waals surface area contributed by atoms with Gasteiger partial charge in [-0.1, -0.05) is 13.8 Å². The van der Waals surface area contributed by atoms with E-state index in [0.29, 0.717) is 6.10 Å². The van der Waals surface area contributed by atoms with E-state index in [1.165, 1.54) is 6.10 Å². The fourth-order valence-corrected chi connectivity index (χ4v) is 1.13. The van der Waals surface area contributed by atoms with Gasteiger partial charge in [0.15, 0.2) is 0 Å². The van der Waals surface area contributed by atoms with Crippen LogP contribution in [0.1, 0.15) is 26.7 Å². The van der Waals surface area contributed by atoms with Crippen LogP contribution < -0.4 is 5.32 Å². The Hall–Kier alpha value is -0.0800. The van der Waals surface area contributed by atoms with Crippen LogP contribution in [0, 0.1) is 6.10 Å². The molecule has 0 saturated carbocycles. The first-order valence-corrected chi connectivity index (χ1v) is 4.08. The van der Waals surface area contributed by atoms with Gasteiger partial charge in [0.1, 0.15) is 6.10 Å². The molecule has 1 saturated heterocycles. The number of hydrogen-bond donors (Lipinski definition) is 1. The minimum absolute atomic E-state index is 0.420. The van der Waals surface area contributed by atoms with Crippen molar-refractivity contribution in [1.82, 2.24) is 5.32 Å². The van der Waals surface area contributed by atoms with Crippen molar-refractivity contribution < 1.29 is 4.74 Å². The highest BCUT2D eigenvalue weighted by Crippen LogP contribution is 2.15. The van der Waals surface area contributed by atoms with Crippen LogP contribution in [0.25, 0.3) is 0 Å². The first kappa shape index (κ1) is 8.02. The molecular weight excluding hydrogens is 126 g/mol. The molecule has 10 heavy (non-hydrogen) atoms. The first-order valence-electron chi connectivity index (χ1n) is 4.08. The van der Waals surface area contributed by atoms with Gasteiger partial charge in [0.25, 0.3) is 0 Å². The van der Waals surface area contributed by atoms with Gasteiger partial charge in [-0.05, 0) is 12.8 Å². The van der Waals surface area contributed by atoms with E-state index in [1.807, 2.05) is 0 Å². The van der Waals surface area contributed by atoms with Crippen molar-refractivity contribution in [2.45, 2.75) is 32.8 Å². The number of morpholine rings is 1. The van der Waals surface area contributed by atoms with E-state index in [1.54, 1.807) is 0 Å². The Kier molecular flexibility index (Phi) is 3.16. The van der Waals surface area contributed by atoms with Crippen LogP contribution >= 0.6 is 0 Å². The molecule has 2 nitrogen and oxygen atoms in total. The SMILES string of the molecule is CC[C]1CNCC(CC)O1. The zero-order valence-corrected chi connectivity index (χ0v) is 6.81. The van der Waals surface area contributed by atoms with Gasteiger partial charge < -0.3 is 10.1 Å². The molecule has 0 aromatic carbocycles. The quantitative estimate of drug-likeness (QED) is 0.628. The van der Waals surface area contributed by atoms with E-state index in [0.717, 1.165) is 25.9 Å². The molecule has 0 aromatic rings. The third-order valence-electron chi connectivity index (χ3n) is 1.88. The van der Waals surface area contributed by atoms with E-state index < -0.39 is 0 Å². The predicted octanol–water partition coefficient (Wildman–Crippen LogP) is 1.33. The van der Waals surface area contributed by atoms with E-state index in [-0.39, 0.29) is 0 Å². The first-order chi connectivity index (χ1) is 4.86. The minimum Gasteiger partial charge on any atom is -0.366 e. The van der Waals surface area contributed by atoms with Crippen LogP contribution in [0.2, 0.25) is 0 Å². The second-order valence-corrected chi connectivity index (χ2v) is 2.67. The molecule has 1 rings (SSSR count). The summed E-state index contributed by atoms with van der Waals surface area (Å²) < 4.78 is 5.64. The molecule has 1 N–H and O–H groups in total. The lowest BCUT2D eigenvalue weighted by molar-refractivity contribution is 0.0276. The summed E-state index contributed by atoms with van der Waals surface area (Å²) in [5.74, 6) is 0. The molecule has 0 aliphatic carbocycles. The highest BCUT2D eigenvalue weighted by molar-refractivity contribution is 4.86. The van der Waals surface area contributed by atoms with Gasteiger partial charge in [0, 0.05) is 13.1 Å². The lowest BCUT2D eigenvalue weighted by Gasteiger charge is -2.28. The Bertz CT molecular complexity index is 85.3. The monoisotopic (exact) mass is 142 g/mol. The van der Waals surface area contributed by atoms with Crippen molar-refractivity contribution in [3.63, 3.8) is 0 Å². The van der Waals surface area contributed by atoms with Crippen LogP contribution in [0.5, 0.6) is 0 Å². The van der Waals surface area contributed by atoms with Crippen molar-refractivity contribution in [2.75, 3.05) is 13.1 Å². The summed E-state index contributed by atoms with van der Waals surface area (Å²) in [4.78, 5) is 0. The van der Waals surface area contributed by atoms with Gasteiger partial charge in [-0.15, -0.1) is 0 Å². The summed E-state index contributed by atoms with van der Waals surface area (Å²) in [7, 11) is 0. The lowest BCUT2D eigenvalue weighted by atomic mass is 10.2. The Balaban J connectivity index is 2.25. The third kappa shape index (κ3) is 1.96. The molecule has 0 bridgehead atoms. The summed E-state index contributed by atoms with van der Waals surface area (Å²) in [6.07, 6.45) is 3.78. The Morgan fingerprint density at radius 3 is 3.00 bits per heavy atom. The normalized spacial score (nSPS) is 28.8. The van der Waals surface area contributed by atoms with Crippen molar-refractivity contribution >= 4 is 0 Å². The molecule has 0 spiro atoms. The third-order valence-corrected chi connectivity index (χ3v) is 1.88. The van der Waals surface area contributed by atoms with Gasteiger partial charge in [0.2, 0.25) is 0 Å². The lowest BCUT2D eigenvalue weighted by Crippen LogP contribution is -2.39. The van der Waals surface area contributed by atoms with Gasteiger partial charge in [-0.25, -0.2) is 0 Å². The molecule has 2 heteroatoms. The molecule has 0 amide bonds. The number of hydrogen-bond acceptors (Lipinski definition) is 2. The number of ether oxygens (including phenoxy) is 1. The summed E-state index contributed by atoms with van der Waals surface area (Å²) in [6.45, 7) is 6.26. The Labute approximate surface area is 63.0 Å². The highest BCUT2D eigenvalue weighted by atomic mass is 16.5. The predicted molar refractivity (Wildman–Crippen MR) is 41.6 cm³/mol. The van der Waals surface area contributed by atoms with Crippen LogP contribution in [0.4, 0.5) is 0 Å².